The van der Waals surface area contributed by atoms with Crippen molar-refractivity contribution in [1.29, 1.82) is 0 Å². The molecule has 7 nitrogen and oxygen atoms in total. The molecule has 4 rings (SSSR count). The lowest BCUT2D eigenvalue weighted by Crippen LogP contribution is -2.08. The highest BCUT2D eigenvalue weighted by Gasteiger charge is 2.02. The minimum atomic E-state index is -0.240. The summed E-state index contributed by atoms with van der Waals surface area (Å²) in [6.45, 7) is 0. The Hall–Kier alpha value is -4.00. The van der Waals surface area contributed by atoms with Gasteiger partial charge in [-0.25, -0.2) is 14.3 Å². The molecule has 0 aliphatic rings. The van der Waals surface area contributed by atoms with E-state index in [1.807, 2.05) is 42.6 Å². The van der Waals surface area contributed by atoms with Crippen LogP contribution in [0.2, 0.25) is 0 Å². The maximum atomic E-state index is 12.1. The van der Waals surface area contributed by atoms with Gasteiger partial charge in [-0.3, -0.25) is 4.79 Å². The molecule has 1 aromatic carbocycles. The predicted octanol–water partition coefficient (Wildman–Crippen LogP) is 3.10. The SMILES string of the molecule is O=C(/C=C/c1cnn(-c2ccccc2)c1)Nc1ccc(-n2cccn2)nc1. The normalized spacial score (nSPS) is 11.0. The number of anilines is 1. The van der Waals surface area contributed by atoms with Crippen LogP contribution in [-0.2, 0) is 4.79 Å². The molecule has 1 N–H and O–H groups in total. The van der Waals surface area contributed by atoms with Gasteiger partial charge in [0.25, 0.3) is 0 Å². The molecular formula is C20H16N6O. The van der Waals surface area contributed by atoms with E-state index in [0.29, 0.717) is 11.5 Å². The molecule has 0 saturated heterocycles. The summed E-state index contributed by atoms with van der Waals surface area (Å²) in [5, 5.41) is 11.2. The van der Waals surface area contributed by atoms with E-state index in [0.717, 1.165) is 11.3 Å². The number of amides is 1. The van der Waals surface area contributed by atoms with Crippen LogP contribution in [0.1, 0.15) is 5.56 Å². The summed E-state index contributed by atoms with van der Waals surface area (Å²) < 4.78 is 3.41. The van der Waals surface area contributed by atoms with Crippen molar-refractivity contribution < 1.29 is 4.79 Å². The molecule has 0 atom stereocenters. The van der Waals surface area contributed by atoms with Gasteiger partial charge >= 0.3 is 0 Å². The van der Waals surface area contributed by atoms with Crippen LogP contribution in [0.4, 0.5) is 5.69 Å². The van der Waals surface area contributed by atoms with Gasteiger partial charge in [0, 0.05) is 30.2 Å². The summed E-state index contributed by atoms with van der Waals surface area (Å²) in [5.74, 6) is 0.443. The molecule has 7 heteroatoms. The first-order chi connectivity index (χ1) is 13.3. The second-order valence-electron chi connectivity index (χ2n) is 5.73. The molecular weight excluding hydrogens is 340 g/mol. The van der Waals surface area contributed by atoms with Crippen molar-refractivity contribution in [2.45, 2.75) is 0 Å². The zero-order valence-corrected chi connectivity index (χ0v) is 14.3. The predicted molar refractivity (Wildman–Crippen MR) is 103 cm³/mol. The van der Waals surface area contributed by atoms with Gasteiger partial charge < -0.3 is 5.32 Å². The Morgan fingerprint density at radius 1 is 0.963 bits per heavy atom. The molecule has 0 unspecified atom stereocenters. The van der Waals surface area contributed by atoms with Crippen LogP contribution in [0, 0.1) is 0 Å². The van der Waals surface area contributed by atoms with Gasteiger partial charge in [-0.1, -0.05) is 18.2 Å². The molecule has 0 aliphatic carbocycles. The molecule has 1 amide bonds. The lowest BCUT2D eigenvalue weighted by atomic mass is 10.3. The fourth-order valence-corrected chi connectivity index (χ4v) is 2.50. The van der Waals surface area contributed by atoms with Crippen LogP contribution >= 0.6 is 0 Å². The van der Waals surface area contributed by atoms with E-state index in [-0.39, 0.29) is 5.91 Å². The Balaban J connectivity index is 1.38. The van der Waals surface area contributed by atoms with Gasteiger partial charge in [-0.15, -0.1) is 0 Å². The number of carbonyl (C=O) groups excluding carboxylic acids is 1. The molecule has 0 radical (unpaired) electrons. The highest BCUT2D eigenvalue weighted by Crippen LogP contribution is 2.11. The summed E-state index contributed by atoms with van der Waals surface area (Å²) in [7, 11) is 0. The Bertz CT molecular complexity index is 1050. The van der Waals surface area contributed by atoms with Crippen molar-refractivity contribution in [2.24, 2.45) is 0 Å². The summed E-state index contributed by atoms with van der Waals surface area (Å²) in [4.78, 5) is 16.4. The maximum absolute atomic E-state index is 12.1. The van der Waals surface area contributed by atoms with E-state index < -0.39 is 0 Å². The number of aromatic nitrogens is 5. The molecule has 27 heavy (non-hydrogen) atoms. The molecule has 0 spiro atoms. The molecule has 4 aromatic rings. The van der Waals surface area contributed by atoms with E-state index >= 15 is 0 Å². The van der Waals surface area contributed by atoms with Crippen molar-refractivity contribution in [2.75, 3.05) is 5.32 Å². The zero-order valence-electron chi connectivity index (χ0n) is 14.3. The van der Waals surface area contributed by atoms with E-state index in [4.69, 9.17) is 0 Å². The van der Waals surface area contributed by atoms with E-state index in [2.05, 4.69) is 20.5 Å². The standard InChI is InChI=1S/C20H16N6O/c27-20(24-17-8-9-19(21-14-17)25-12-4-11-22-25)10-7-16-13-23-26(15-16)18-5-2-1-3-6-18/h1-15H,(H,24,27)/b10-7+. The summed E-state index contributed by atoms with van der Waals surface area (Å²) in [6, 6.07) is 15.2. The Morgan fingerprint density at radius 2 is 1.85 bits per heavy atom. The number of hydrogen-bond acceptors (Lipinski definition) is 4. The minimum Gasteiger partial charge on any atom is -0.321 e. The van der Waals surface area contributed by atoms with Crippen molar-refractivity contribution in [3.05, 3.63) is 91.2 Å². The number of rotatable bonds is 5. The first kappa shape index (κ1) is 16.5. The number of nitrogens with zero attached hydrogens (tertiary/aromatic N) is 5. The third kappa shape index (κ3) is 3.98. The molecule has 3 aromatic heterocycles. The second kappa shape index (κ2) is 7.49. The van der Waals surface area contributed by atoms with Crippen LogP contribution in [0.15, 0.2) is 85.6 Å². The molecule has 0 bridgehead atoms. The quantitative estimate of drug-likeness (QED) is 0.558. The van der Waals surface area contributed by atoms with Crippen molar-refractivity contribution in [1.82, 2.24) is 24.5 Å². The van der Waals surface area contributed by atoms with Crippen molar-refractivity contribution >= 4 is 17.7 Å². The fraction of sp³-hybridized carbons (Fsp3) is 0. The molecule has 0 saturated carbocycles. The fourth-order valence-electron chi connectivity index (χ4n) is 2.50. The molecule has 3 heterocycles. The van der Waals surface area contributed by atoms with Crippen LogP contribution in [0.25, 0.3) is 17.6 Å². The number of carbonyl (C=O) groups is 1. The van der Waals surface area contributed by atoms with E-state index in [1.165, 1.54) is 6.08 Å². The number of benzene rings is 1. The van der Waals surface area contributed by atoms with Crippen LogP contribution in [-0.4, -0.2) is 30.5 Å². The smallest absolute Gasteiger partial charge is 0.248 e. The van der Waals surface area contributed by atoms with E-state index in [1.54, 1.807) is 52.4 Å². The molecule has 0 fully saturated rings. The average molecular weight is 356 g/mol. The van der Waals surface area contributed by atoms with Crippen molar-refractivity contribution in [3.63, 3.8) is 0 Å². The van der Waals surface area contributed by atoms with Crippen LogP contribution in [0.3, 0.4) is 0 Å². The van der Waals surface area contributed by atoms with E-state index in [9.17, 15) is 4.79 Å². The third-order valence-corrected chi connectivity index (χ3v) is 3.80. The van der Waals surface area contributed by atoms with Gasteiger partial charge in [0.1, 0.15) is 0 Å². The zero-order chi connectivity index (χ0) is 18.5. The Labute approximate surface area is 155 Å². The number of hydrogen-bond donors (Lipinski definition) is 1. The van der Waals surface area contributed by atoms with Gasteiger partial charge in [0.2, 0.25) is 5.91 Å². The average Bonchev–Trinajstić information content (AvgIpc) is 3.40. The number of para-hydroxylation sites is 1. The largest absolute Gasteiger partial charge is 0.321 e. The third-order valence-electron chi connectivity index (χ3n) is 3.80. The number of pyridine rings is 1. The van der Waals surface area contributed by atoms with Gasteiger partial charge in [0.05, 0.1) is 23.8 Å². The molecule has 0 aliphatic heterocycles. The van der Waals surface area contributed by atoms with Crippen LogP contribution < -0.4 is 5.32 Å². The highest BCUT2D eigenvalue weighted by atomic mass is 16.1. The monoisotopic (exact) mass is 356 g/mol. The summed E-state index contributed by atoms with van der Waals surface area (Å²) in [6.07, 6.45) is 11.8. The lowest BCUT2D eigenvalue weighted by molar-refractivity contribution is -0.111. The Kier molecular flexibility index (Phi) is 4.57. The molecule has 132 valence electrons. The Morgan fingerprint density at radius 3 is 2.59 bits per heavy atom. The summed E-state index contributed by atoms with van der Waals surface area (Å²) in [5.41, 5.74) is 2.41. The summed E-state index contributed by atoms with van der Waals surface area (Å²) >= 11 is 0. The van der Waals surface area contributed by atoms with Gasteiger partial charge in [-0.05, 0) is 36.4 Å². The van der Waals surface area contributed by atoms with Crippen LogP contribution in [0.5, 0.6) is 0 Å². The van der Waals surface area contributed by atoms with Crippen molar-refractivity contribution in [3.8, 4) is 11.5 Å². The first-order valence-corrected chi connectivity index (χ1v) is 8.33. The maximum Gasteiger partial charge on any atom is 0.248 e. The first-order valence-electron chi connectivity index (χ1n) is 8.33. The number of nitrogens with one attached hydrogen (secondary N) is 1. The second-order valence-corrected chi connectivity index (χ2v) is 5.73. The van der Waals surface area contributed by atoms with Gasteiger partial charge in [0.15, 0.2) is 5.82 Å². The van der Waals surface area contributed by atoms with Gasteiger partial charge in [-0.2, -0.15) is 10.2 Å². The topological polar surface area (TPSA) is 77.6 Å². The lowest BCUT2D eigenvalue weighted by Gasteiger charge is -2.03. The minimum absolute atomic E-state index is 0.240. The highest BCUT2D eigenvalue weighted by molar-refractivity contribution is 6.01.